The Bertz CT molecular complexity index is 3150. The van der Waals surface area contributed by atoms with E-state index in [4.69, 9.17) is 23.7 Å². The van der Waals surface area contributed by atoms with E-state index in [1.54, 1.807) is 43.2 Å². The number of aromatic hydroxyl groups is 1. The molecular formula is C55H63FN4O16. The normalized spacial score (nSPS) is 29.8. The second kappa shape index (κ2) is 21.0. The van der Waals surface area contributed by atoms with E-state index >= 15 is 9.18 Å². The molecule has 20 nitrogen and oxygen atoms in total. The van der Waals surface area contributed by atoms with Crippen molar-refractivity contribution in [2.75, 3.05) is 32.2 Å². The van der Waals surface area contributed by atoms with Gasteiger partial charge in [-0.3, -0.25) is 28.8 Å². The first-order valence-electron chi connectivity index (χ1n) is 25.1. The molecule has 3 aromatic rings. The summed E-state index contributed by atoms with van der Waals surface area (Å²) in [4.78, 5) is 98.6. The minimum absolute atomic E-state index is 0.0229. The number of pyridine rings is 1. The Hall–Kier alpha value is -7.36. The number of nitrogens with one attached hydrogen (secondary N) is 2. The molecule has 1 amide bonds. The molecule has 2 aromatic carbocycles. The first-order valence-corrected chi connectivity index (χ1v) is 25.1. The Morgan fingerprint density at radius 2 is 1.63 bits per heavy atom. The number of aromatic nitrogens is 1. The number of carboxylic acid groups (broad SMARTS) is 1. The molecule has 1 saturated heterocycles. The summed E-state index contributed by atoms with van der Waals surface area (Å²) in [5.74, 6) is -12.8. The number of aliphatic hydroxyl groups excluding tert-OH is 2. The monoisotopic (exact) mass is 1050 g/mol. The first kappa shape index (κ1) is 54.9. The lowest BCUT2D eigenvalue weighted by molar-refractivity contribution is -0.160. The predicted molar refractivity (Wildman–Crippen MR) is 272 cm³/mol. The molecule has 2 fully saturated rings. The number of amides is 1. The Kier molecular flexibility index (Phi) is 15.2. The molecule has 5 heterocycles. The number of ether oxygens (including phenoxy) is 5. The standard InChI is InChI=1S/C55H63FN4O16/c1-23-12-11-13-24(2)53(69)58-40-39(57-30-16-18-59(21-30)42-34(56)20-32-41(51(42)73-10)60(31-14-15-31)22-33(46(32)65)54(70)71)47(66)36-37(48(40)67)45(64)28(6)50-38(36)52(68)55(8,76-50)74-19-17-35(72-9)25(3)49(75-29(7)61)27(5)44(63)26(4)43(23)62/h11-13,17,19-20,22-23,25-27,30-31,35,43-44,49,57,62-64H,14-16,18,21H2,1-10H3,(H,58,69)(H,70,71)/b12-11+,19-17+,24-13-/t23-,25+,26+,27+,30?,35-,43-,44+,49+,55-/m0/s1. The molecule has 0 radical (unpaired) electrons. The number of hydrogen-bond acceptors (Lipinski definition) is 17. The van der Waals surface area contributed by atoms with Crippen molar-refractivity contribution < 1.29 is 77.3 Å². The number of carbonyl (C=O) groups excluding carboxylic acids is 5. The second-order valence-electron chi connectivity index (χ2n) is 20.6. The summed E-state index contributed by atoms with van der Waals surface area (Å²) in [7, 11) is 2.69. The number of Topliss-reactive ketones (excluding diaryl/α,β-unsaturated/α-hetero) is 3. The number of allylic oxidation sites excluding steroid dienone is 4. The van der Waals surface area contributed by atoms with Gasteiger partial charge in [0.25, 0.3) is 11.7 Å². The van der Waals surface area contributed by atoms with Crippen molar-refractivity contribution in [1.29, 1.82) is 0 Å². The van der Waals surface area contributed by atoms with E-state index in [1.165, 1.54) is 66.3 Å². The van der Waals surface area contributed by atoms with Crippen LogP contribution in [0.2, 0.25) is 0 Å². The van der Waals surface area contributed by atoms with Crippen molar-refractivity contribution in [2.24, 2.45) is 23.7 Å². The molecule has 1 saturated carbocycles. The number of aromatic carboxylic acids is 1. The van der Waals surface area contributed by atoms with Gasteiger partial charge in [0, 0.05) is 87.1 Å². The largest absolute Gasteiger partial charge is 0.507 e. The van der Waals surface area contributed by atoms with Crippen LogP contribution in [0.4, 0.5) is 10.1 Å². The second-order valence-corrected chi connectivity index (χ2v) is 20.6. The lowest BCUT2D eigenvalue weighted by Gasteiger charge is -2.38. The lowest BCUT2D eigenvalue weighted by Crippen LogP contribution is -2.46. The van der Waals surface area contributed by atoms with Gasteiger partial charge in [0.05, 0.1) is 59.3 Å². The number of hydrogen-bond donors (Lipinski definition) is 6. The van der Waals surface area contributed by atoms with Crippen LogP contribution in [0.15, 0.2) is 64.6 Å². The van der Waals surface area contributed by atoms with Gasteiger partial charge in [0.15, 0.2) is 11.6 Å². The summed E-state index contributed by atoms with van der Waals surface area (Å²) in [5.41, 5.74) is -3.86. The topological polar surface area (TPSA) is 279 Å². The van der Waals surface area contributed by atoms with Crippen molar-refractivity contribution >= 4 is 51.8 Å². The van der Waals surface area contributed by atoms with Crippen molar-refractivity contribution in [1.82, 2.24) is 15.2 Å². The Morgan fingerprint density at radius 3 is 2.26 bits per heavy atom. The number of phenols is 1. The number of fused-ring (bicyclic) bond motifs is 15. The Balaban J connectivity index is 1.21. The summed E-state index contributed by atoms with van der Waals surface area (Å²) in [6.45, 7) is 12.1. The highest BCUT2D eigenvalue weighted by molar-refractivity contribution is 6.32. The molecule has 10 atom stereocenters. The molecule has 406 valence electrons. The molecule has 0 spiro atoms. The minimum Gasteiger partial charge on any atom is -0.507 e. The number of benzene rings is 2. The SMILES string of the molecule is COc1c(N2CCC(NC3=C4NC(=O)/C(C)=C\C=C\[C@H](C)[C@H](O)[C@@H](C)[C@@H](O)[C@@H](C)[C@H](OC(C)=O)[C@H](C)[C@@H](OC)/C=C/O[C@@]5(C)Oc6c(C)c(O)c(c(c6C5=O)C3=O)C4=O)C2)c(F)cc2c(=O)c(C(=O)O)cn(C3CC3)c12. The fraction of sp³-hybridized carbons (Fsp3) is 0.473. The van der Waals surface area contributed by atoms with Gasteiger partial charge in [-0.05, 0) is 45.3 Å². The summed E-state index contributed by atoms with van der Waals surface area (Å²) in [6.07, 6.45) is 5.68. The highest BCUT2D eigenvalue weighted by Gasteiger charge is 2.53. The van der Waals surface area contributed by atoms with E-state index in [0.29, 0.717) is 12.8 Å². The third-order valence-electron chi connectivity index (χ3n) is 15.4. The summed E-state index contributed by atoms with van der Waals surface area (Å²) in [6, 6.07) is 0.0335. The van der Waals surface area contributed by atoms with Gasteiger partial charge >= 0.3 is 17.7 Å². The molecule has 21 heteroatoms. The number of carboxylic acids is 1. The molecule has 4 aliphatic heterocycles. The molecule has 5 bridgehead atoms. The van der Waals surface area contributed by atoms with Crippen LogP contribution >= 0.6 is 0 Å². The van der Waals surface area contributed by atoms with Crippen LogP contribution < -0.4 is 30.4 Å². The van der Waals surface area contributed by atoms with Gasteiger partial charge < -0.3 is 64.2 Å². The minimum atomic E-state index is -2.21. The van der Waals surface area contributed by atoms with Gasteiger partial charge in [0.1, 0.15) is 40.2 Å². The maximum atomic E-state index is 16.5. The van der Waals surface area contributed by atoms with E-state index < -0.39 is 140 Å². The predicted octanol–water partition coefficient (Wildman–Crippen LogP) is 5.32. The third kappa shape index (κ3) is 9.63. The molecule has 76 heavy (non-hydrogen) atoms. The van der Waals surface area contributed by atoms with Crippen LogP contribution in [-0.4, -0.2) is 124 Å². The zero-order valence-corrected chi connectivity index (χ0v) is 43.8. The number of phenolic OH excluding ortho intramolecular Hbond substituents is 1. The Morgan fingerprint density at radius 1 is 0.934 bits per heavy atom. The molecule has 9 rings (SSSR count). The van der Waals surface area contributed by atoms with Crippen LogP contribution in [0.5, 0.6) is 17.2 Å². The molecule has 1 unspecified atom stereocenters. The fourth-order valence-electron chi connectivity index (χ4n) is 10.8. The lowest BCUT2D eigenvalue weighted by atomic mass is 9.78. The number of nitrogens with zero attached hydrogens (tertiary/aromatic N) is 2. The number of anilines is 1. The number of halogens is 1. The van der Waals surface area contributed by atoms with Crippen molar-refractivity contribution in [3.05, 3.63) is 104 Å². The molecule has 6 N–H and O–H groups in total. The van der Waals surface area contributed by atoms with Gasteiger partial charge in [-0.15, -0.1) is 0 Å². The van der Waals surface area contributed by atoms with Crippen molar-refractivity contribution in [3.8, 4) is 17.2 Å². The fourth-order valence-corrected chi connectivity index (χ4v) is 10.8. The molecule has 6 aliphatic rings. The van der Waals surface area contributed by atoms with Gasteiger partial charge in [-0.1, -0.05) is 45.9 Å². The average molecular weight is 1060 g/mol. The van der Waals surface area contributed by atoms with E-state index in [1.807, 2.05) is 0 Å². The highest BCUT2D eigenvalue weighted by Crippen LogP contribution is 2.49. The number of carbonyl (C=O) groups is 6. The zero-order valence-electron chi connectivity index (χ0n) is 43.8. The van der Waals surface area contributed by atoms with Gasteiger partial charge in [0.2, 0.25) is 17.0 Å². The highest BCUT2D eigenvalue weighted by atomic mass is 19.1. The quantitative estimate of drug-likeness (QED) is 0.156. The van der Waals surface area contributed by atoms with Crippen LogP contribution in [0.25, 0.3) is 10.9 Å². The molecule has 2 aliphatic carbocycles. The average Bonchev–Trinajstić information content (AvgIpc) is 4.14. The number of methoxy groups -OCH3 is 2. The van der Waals surface area contributed by atoms with Crippen LogP contribution in [-0.2, 0) is 23.8 Å². The number of rotatable bonds is 8. The van der Waals surface area contributed by atoms with Crippen LogP contribution in [0, 0.1) is 36.4 Å². The van der Waals surface area contributed by atoms with Crippen molar-refractivity contribution in [2.45, 2.75) is 117 Å². The number of esters is 1. The summed E-state index contributed by atoms with van der Waals surface area (Å²) < 4.78 is 47.6. The Labute approximate surface area is 436 Å². The maximum Gasteiger partial charge on any atom is 0.341 e. The third-order valence-corrected chi connectivity index (χ3v) is 15.4. The number of ketones is 3. The van der Waals surface area contributed by atoms with E-state index in [0.717, 1.165) is 12.3 Å². The van der Waals surface area contributed by atoms with E-state index in [9.17, 15) is 49.2 Å². The maximum absolute atomic E-state index is 16.5. The molecular weight excluding hydrogens is 992 g/mol. The van der Waals surface area contributed by atoms with E-state index in [2.05, 4.69) is 10.6 Å². The van der Waals surface area contributed by atoms with Gasteiger partial charge in [-0.2, -0.15) is 0 Å². The van der Waals surface area contributed by atoms with E-state index in [-0.39, 0.29) is 70.3 Å². The molecule has 1 aromatic heterocycles. The summed E-state index contributed by atoms with van der Waals surface area (Å²) in [5, 5.41) is 50.2. The smallest absolute Gasteiger partial charge is 0.341 e. The van der Waals surface area contributed by atoms with Crippen LogP contribution in [0.1, 0.15) is 121 Å². The van der Waals surface area contributed by atoms with Crippen LogP contribution in [0.3, 0.4) is 0 Å². The summed E-state index contributed by atoms with van der Waals surface area (Å²) >= 11 is 0. The first-order chi connectivity index (χ1) is 35.9. The van der Waals surface area contributed by atoms with Gasteiger partial charge in [-0.25, -0.2) is 9.18 Å². The number of aliphatic hydroxyl groups is 2. The van der Waals surface area contributed by atoms with Crippen molar-refractivity contribution in [3.63, 3.8) is 0 Å². The zero-order chi connectivity index (χ0) is 55.6.